The van der Waals surface area contributed by atoms with E-state index in [0.717, 1.165) is 26.2 Å². The van der Waals surface area contributed by atoms with Crippen LogP contribution < -0.4 is 5.32 Å². The van der Waals surface area contributed by atoms with Crippen molar-refractivity contribution in [2.45, 2.75) is 12.8 Å². The third-order valence-corrected chi connectivity index (χ3v) is 3.17. The molecule has 2 N–H and O–H groups in total. The van der Waals surface area contributed by atoms with Crippen molar-refractivity contribution in [1.82, 2.24) is 9.88 Å². The van der Waals surface area contributed by atoms with E-state index in [1.165, 1.54) is 25.0 Å². The molecule has 18 heavy (non-hydrogen) atoms. The van der Waals surface area contributed by atoms with Crippen LogP contribution in [0.5, 0.6) is 0 Å². The molecule has 0 bridgehead atoms. The van der Waals surface area contributed by atoms with E-state index < -0.39 is 5.97 Å². The number of nitrogens with zero attached hydrogens (tertiary/aromatic N) is 2. The molecule has 98 valence electrons. The van der Waals surface area contributed by atoms with E-state index in [4.69, 9.17) is 16.7 Å². The van der Waals surface area contributed by atoms with Gasteiger partial charge in [0.1, 0.15) is 11.0 Å². The molecule has 2 rings (SSSR count). The van der Waals surface area contributed by atoms with Crippen molar-refractivity contribution in [2.75, 3.05) is 31.5 Å². The van der Waals surface area contributed by atoms with Gasteiger partial charge in [-0.2, -0.15) is 0 Å². The first-order valence-corrected chi connectivity index (χ1v) is 6.40. The minimum absolute atomic E-state index is 0.152. The Labute approximate surface area is 111 Å². The Kier molecular flexibility index (Phi) is 4.38. The van der Waals surface area contributed by atoms with E-state index in [2.05, 4.69) is 15.2 Å². The number of hydrogen-bond acceptors (Lipinski definition) is 4. The molecule has 2 heterocycles. The number of hydrogen-bond donors (Lipinski definition) is 2. The number of aromatic carboxylic acids is 1. The van der Waals surface area contributed by atoms with Crippen molar-refractivity contribution >= 4 is 23.4 Å². The van der Waals surface area contributed by atoms with Gasteiger partial charge in [0.15, 0.2) is 0 Å². The molecule has 0 amide bonds. The highest BCUT2D eigenvalue weighted by Crippen LogP contribution is 2.14. The number of aromatic nitrogens is 1. The molecule has 0 aromatic carbocycles. The van der Waals surface area contributed by atoms with Crippen LogP contribution >= 0.6 is 11.6 Å². The smallest absolute Gasteiger partial charge is 0.335 e. The maximum atomic E-state index is 10.9. The van der Waals surface area contributed by atoms with Crippen LogP contribution in [0, 0.1) is 0 Å². The number of pyridine rings is 1. The molecule has 1 saturated heterocycles. The Morgan fingerprint density at radius 1 is 1.44 bits per heavy atom. The summed E-state index contributed by atoms with van der Waals surface area (Å²) < 4.78 is 0. The lowest BCUT2D eigenvalue weighted by Crippen LogP contribution is -2.26. The molecule has 1 aromatic rings. The van der Waals surface area contributed by atoms with Gasteiger partial charge in [-0.05, 0) is 38.1 Å². The molecule has 0 radical (unpaired) electrons. The van der Waals surface area contributed by atoms with Gasteiger partial charge < -0.3 is 15.3 Å². The number of carboxylic acid groups (broad SMARTS) is 1. The molecule has 0 spiro atoms. The summed E-state index contributed by atoms with van der Waals surface area (Å²) >= 11 is 5.78. The maximum absolute atomic E-state index is 10.9. The summed E-state index contributed by atoms with van der Waals surface area (Å²) in [5.74, 6) is -0.485. The lowest BCUT2D eigenvalue weighted by atomic mass is 10.2. The minimum atomic E-state index is -0.998. The highest BCUT2D eigenvalue weighted by molar-refractivity contribution is 6.29. The van der Waals surface area contributed by atoms with Gasteiger partial charge in [0.05, 0.1) is 5.56 Å². The Balaban J connectivity index is 1.89. The van der Waals surface area contributed by atoms with Crippen LogP contribution in [0.1, 0.15) is 23.2 Å². The van der Waals surface area contributed by atoms with Gasteiger partial charge in [-0.1, -0.05) is 11.6 Å². The first-order chi connectivity index (χ1) is 8.65. The van der Waals surface area contributed by atoms with E-state index >= 15 is 0 Å². The van der Waals surface area contributed by atoms with Crippen LogP contribution in [0.3, 0.4) is 0 Å². The minimum Gasteiger partial charge on any atom is -0.478 e. The van der Waals surface area contributed by atoms with Crippen LogP contribution in [0.4, 0.5) is 5.82 Å². The molecular formula is C12H16ClN3O2. The van der Waals surface area contributed by atoms with Crippen LogP contribution in [0.15, 0.2) is 12.1 Å². The summed E-state index contributed by atoms with van der Waals surface area (Å²) in [5.41, 5.74) is 0.152. The van der Waals surface area contributed by atoms with Gasteiger partial charge in [-0.3, -0.25) is 0 Å². The van der Waals surface area contributed by atoms with Crippen LogP contribution in [-0.4, -0.2) is 47.1 Å². The van der Waals surface area contributed by atoms with E-state index in [1.807, 2.05) is 0 Å². The molecule has 1 aliphatic rings. The first kappa shape index (κ1) is 13.1. The lowest BCUT2D eigenvalue weighted by molar-refractivity contribution is 0.0697. The van der Waals surface area contributed by atoms with Crippen LogP contribution in [0.2, 0.25) is 5.15 Å². The average molecular weight is 270 g/mol. The zero-order chi connectivity index (χ0) is 13.0. The van der Waals surface area contributed by atoms with Gasteiger partial charge >= 0.3 is 5.97 Å². The number of anilines is 1. The number of carbonyl (C=O) groups is 1. The number of rotatable bonds is 5. The Hall–Kier alpha value is -1.33. The molecular weight excluding hydrogens is 254 g/mol. The van der Waals surface area contributed by atoms with Gasteiger partial charge in [-0.15, -0.1) is 0 Å². The number of likely N-dealkylation sites (tertiary alicyclic amines) is 1. The Morgan fingerprint density at radius 2 is 2.17 bits per heavy atom. The quantitative estimate of drug-likeness (QED) is 0.800. The molecule has 6 heteroatoms. The summed E-state index contributed by atoms with van der Waals surface area (Å²) in [6, 6.07) is 2.84. The summed E-state index contributed by atoms with van der Waals surface area (Å²) in [6.07, 6.45) is 2.52. The standard InChI is InChI=1S/C12H16ClN3O2/c13-10-7-9(12(17)18)8-11(15-10)14-3-6-16-4-1-2-5-16/h7-8H,1-6H2,(H,14,15)(H,17,18). The maximum Gasteiger partial charge on any atom is 0.335 e. The number of halogens is 1. The van der Waals surface area contributed by atoms with E-state index in [1.54, 1.807) is 0 Å². The predicted molar refractivity (Wildman–Crippen MR) is 70.4 cm³/mol. The van der Waals surface area contributed by atoms with Crippen molar-refractivity contribution < 1.29 is 9.90 Å². The van der Waals surface area contributed by atoms with Crippen molar-refractivity contribution in [3.8, 4) is 0 Å². The summed E-state index contributed by atoms with van der Waals surface area (Å²) in [7, 11) is 0. The second-order valence-electron chi connectivity index (χ2n) is 4.34. The molecule has 0 unspecified atom stereocenters. The molecule has 0 atom stereocenters. The fourth-order valence-electron chi connectivity index (χ4n) is 2.06. The SMILES string of the molecule is O=C(O)c1cc(Cl)nc(NCCN2CCCC2)c1. The summed E-state index contributed by atoms with van der Waals surface area (Å²) in [5, 5.41) is 12.2. The third kappa shape index (κ3) is 3.58. The molecule has 1 aromatic heterocycles. The predicted octanol–water partition coefficient (Wildman–Crippen LogP) is 1.94. The Bertz CT molecular complexity index is 433. The zero-order valence-electron chi connectivity index (χ0n) is 10.0. The fourth-order valence-corrected chi connectivity index (χ4v) is 2.27. The van der Waals surface area contributed by atoms with E-state index in [0.29, 0.717) is 5.82 Å². The van der Waals surface area contributed by atoms with Gasteiger partial charge in [0.2, 0.25) is 0 Å². The highest BCUT2D eigenvalue weighted by Gasteiger charge is 2.11. The second-order valence-corrected chi connectivity index (χ2v) is 4.73. The largest absolute Gasteiger partial charge is 0.478 e. The number of carboxylic acids is 1. The normalized spacial score (nSPS) is 15.8. The van der Waals surface area contributed by atoms with Crippen molar-refractivity contribution in [1.29, 1.82) is 0 Å². The zero-order valence-corrected chi connectivity index (χ0v) is 10.8. The van der Waals surface area contributed by atoms with Gasteiger partial charge in [-0.25, -0.2) is 9.78 Å². The molecule has 0 aliphatic carbocycles. The lowest BCUT2D eigenvalue weighted by Gasteiger charge is -2.15. The van der Waals surface area contributed by atoms with Crippen molar-refractivity contribution in [3.05, 3.63) is 22.8 Å². The topological polar surface area (TPSA) is 65.5 Å². The highest BCUT2D eigenvalue weighted by atomic mass is 35.5. The van der Waals surface area contributed by atoms with Crippen molar-refractivity contribution in [2.24, 2.45) is 0 Å². The monoisotopic (exact) mass is 269 g/mol. The fraction of sp³-hybridized carbons (Fsp3) is 0.500. The van der Waals surface area contributed by atoms with Gasteiger partial charge in [0.25, 0.3) is 0 Å². The molecule has 1 aliphatic heterocycles. The first-order valence-electron chi connectivity index (χ1n) is 6.02. The van der Waals surface area contributed by atoms with Gasteiger partial charge in [0, 0.05) is 13.1 Å². The van der Waals surface area contributed by atoms with E-state index in [9.17, 15) is 4.79 Å². The summed E-state index contributed by atoms with van der Waals surface area (Å²) in [6.45, 7) is 3.97. The van der Waals surface area contributed by atoms with Crippen LogP contribution in [0.25, 0.3) is 0 Å². The molecule has 5 nitrogen and oxygen atoms in total. The summed E-state index contributed by atoms with van der Waals surface area (Å²) in [4.78, 5) is 17.3. The molecule has 1 fully saturated rings. The molecule has 0 saturated carbocycles. The van der Waals surface area contributed by atoms with E-state index in [-0.39, 0.29) is 10.7 Å². The number of nitrogens with one attached hydrogen (secondary N) is 1. The second kappa shape index (κ2) is 6.02. The third-order valence-electron chi connectivity index (χ3n) is 2.97. The Morgan fingerprint density at radius 3 is 2.83 bits per heavy atom. The van der Waals surface area contributed by atoms with Crippen LogP contribution in [-0.2, 0) is 0 Å². The average Bonchev–Trinajstić information content (AvgIpc) is 2.81. The van der Waals surface area contributed by atoms with Crippen molar-refractivity contribution in [3.63, 3.8) is 0 Å².